The van der Waals surface area contributed by atoms with E-state index >= 15 is 0 Å². The van der Waals surface area contributed by atoms with Crippen LogP contribution >= 0.6 is 12.6 Å². The first-order valence-corrected chi connectivity index (χ1v) is 23.6. The molecule has 384 valence electrons. The second kappa shape index (κ2) is 32.6. The highest BCUT2D eigenvalue weighted by Gasteiger charge is 2.34. The molecule has 9 amide bonds. The molecule has 17 N–H and O–H groups in total. The molecule has 0 saturated carbocycles. The van der Waals surface area contributed by atoms with Crippen LogP contribution < -0.4 is 65.5 Å². The number of rotatable bonds is 34. The molecule has 0 bridgehead atoms. The normalized spacial score (nSPS) is 15.3. The van der Waals surface area contributed by atoms with Crippen molar-refractivity contribution in [3.63, 3.8) is 0 Å². The second-order valence-electron chi connectivity index (χ2n) is 18.0. The van der Waals surface area contributed by atoms with E-state index in [1.54, 1.807) is 27.7 Å². The summed E-state index contributed by atoms with van der Waals surface area (Å²) in [5.41, 5.74) is 22.3. The number of carbonyl (C=O) groups is 10. The van der Waals surface area contributed by atoms with Crippen LogP contribution in [0.4, 0.5) is 0 Å². The first-order chi connectivity index (χ1) is 31.3. The fourth-order valence-electron chi connectivity index (χ4n) is 6.50. The number of carbonyl (C=O) groups excluding carboxylic acids is 9. The molecule has 0 aliphatic carbocycles. The Balaban J connectivity index is 5.88. The first-order valence-electron chi connectivity index (χ1n) is 23.0. The largest absolute Gasteiger partial charge is 0.480 e. The average molecular weight is 973 g/mol. The van der Waals surface area contributed by atoms with Crippen LogP contribution in [0.15, 0.2) is 0 Å². The lowest BCUT2D eigenvalue weighted by Crippen LogP contribution is -2.60. The van der Waals surface area contributed by atoms with E-state index in [2.05, 4.69) is 55.2 Å². The van der Waals surface area contributed by atoms with Gasteiger partial charge in [-0.1, -0.05) is 48.0 Å². The fraction of sp³-hybridized carbons (Fsp3) is 0.767. The molecule has 23 nitrogen and oxygen atoms in total. The van der Waals surface area contributed by atoms with E-state index in [9.17, 15) is 53.1 Å². The van der Waals surface area contributed by atoms with Crippen LogP contribution in [0.2, 0.25) is 0 Å². The lowest BCUT2D eigenvalue weighted by molar-refractivity contribution is -0.142. The quantitative estimate of drug-likeness (QED) is 0.0235. The highest BCUT2D eigenvalue weighted by Crippen LogP contribution is 2.11. The van der Waals surface area contributed by atoms with Crippen LogP contribution in [0.5, 0.6) is 0 Å². The number of nitrogens with two attached hydrogens (primary N) is 4. The van der Waals surface area contributed by atoms with E-state index in [1.165, 1.54) is 13.8 Å². The van der Waals surface area contributed by atoms with E-state index in [4.69, 9.17) is 22.9 Å². The lowest BCUT2D eigenvalue weighted by atomic mass is 9.99. The third-order valence-corrected chi connectivity index (χ3v) is 10.8. The predicted molar refractivity (Wildman–Crippen MR) is 254 cm³/mol. The molecular formula is C43H80N12O11S. The van der Waals surface area contributed by atoms with Gasteiger partial charge in [-0.15, -0.1) is 0 Å². The van der Waals surface area contributed by atoms with E-state index in [-0.39, 0.29) is 49.7 Å². The maximum absolute atomic E-state index is 13.8. The number of hydrogen-bond acceptors (Lipinski definition) is 14. The molecule has 0 saturated heterocycles. The molecule has 0 radical (unpaired) electrons. The number of aliphatic carboxylic acids is 1. The van der Waals surface area contributed by atoms with Crippen LogP contribution in [0.25, 0.3) is 0 Å². The van der Waals surface area contributed by atoms with Gasteiger partial charge in [0.25, 0.3) is 0 Å². The molecule has 0 aromatic heterocycles. The van der Waals surface area contributed by atoms with Gasteiger partial charge in [0.15, 0.2) is 0 Å². The molecule has 24 heteroatoms. The zero-order valence-corrected chi connectivity index (χ0v) is 41.3. The molecule has 0 spiro atoms. The Labute approximate surface area is 399 Å². The van der Waals surface area contributed by atoms with E-state index < -0.39 is 119 Å². The SMILES string of the molecule is CC(C)C[C@H](NC(=O)[C@H](C)NC(=O)[C@@H](NC(=O)[C@H](CC(C)C)NC(=O)[C@H](C)NC(=O)[C@H](CS)NC(=O)[C@H](CCC(N)=O)NC(=O)[C@@H](N)CCCCN)C(C)C)C(=O)N[C@@H](CCCCN)C(=O)O. The minimum absolute atomic E-state index is 0.0813. The molecule has 0 aromatic rings. The van der Waals surface area contributed by atoms with E-state index in [0.717, 1.165) is 0 Å². The van der Waals surface area contributed by atoms with Crippen LogP contribution in [-0.4, -0.2) is 137 Å². The van der Waals surface area contributed by atoms with Gasteiger partial charge in [0.1, 0.15) is 48.3 Å². The molecule has 9 atom stereocenters. The number of primary amides is 1. The molecule has 0 unspecified atom stereocenters. The average Bonchev–Trinajstić information content (AvgIpc) is 3.23. The smallest absolute Gasteiger partial charge is 0.326 e. The summed E-state index contributed by atoms with van der Waals surface area (Å²) in [6.45, 7) is 14.0. The molecule has 0 aliphatic rings. The third kappa shape index (κ3) is 25.0. The zero-order chi connectivity index (χ0) is 51.6. The molecule has 67 heavy (non-hydrogen) atoms. The number of unbranched alkanes of at least 4 members (excludes halogenated alkanes) is 2. The van der Waals surface area contributed by atoms with Crippen LogP contribution in [0, 0.1) is 17.8 Å². The second-order valence-corrected chi connectivity index (χ2v) is 18.3. The Kier molecular flexibility index (Phi) is 30.1. The fourth-order valence-corrected chi connectivity index (χ4v) is 6.76. The maximum Gasteiger partial charge on any atom is 0.326 e. The Hall–Kier alpha value is -5.07. The van der Waals surface area contributed by atoms with Crippen molar-refractivity contribution in [2.24, 2.45) is 40.7 Å². The summed E-state index contributed by atoms with van der Waals surface area (Å²) < 4.78 is 0. The Morgan fingerprint density at radius 3 is 1.31 bits per heavy atom. The minimum Gasteiger partial charge on any atom is -0.480 e. The Morgan fingerprint density at radius 1 is 0.478 bits per heavy atom. The lowest BCUT2D eigenvalue weighted by Gasteiger charge is -2.28. The number of nitrogens with one attached hydrogen (secondary N) is 8. The highest BCUT2D eigenvalue weighted by atomic mass is 32.1. The minimum atomic E-state index is -1.32. The summed E-state index contributed by atoms with van der Waals surface area (Å²) in [5, 5.41) is 30.0. The molecule has 0 heterocycles. The van der Waals surface area contributed by atoms with Crippen LogP contribution in [0.1, 0.15) is 120 Å². The summed E-state index contributed by atoms with van der Waals surface area (Å²) in [6.07, 6.45) is 2.50. The predicted octanol–water partition coefficient (Wildman–Crippen LogP) is -2.48. The van der Waals surface area contributed by atoms with Crippen molar-refractivity contribution in [2.75, 3.05) is 18.8 Å². The molecule has 0 aliphatic heterocycles. The summed E-state index contributed by atoms with van der Waals surface area (Å²) in [5.74, 6) is -8.95. The van der Waals surface area contributed by atoms with Crippen molar-refractivity contribution in [2.45, 2.75) is 174 Å². The molecule has 0 aromatic carbocycles. The highest BCUT2D eigenvalue weighted by molar-refractivity contribution is 7.80. The Morgan fingerprint density at radius 2 is 0.881 bits per heavy atom. The number of carboxylic acid groups (broad SMARTS) is 1. The van der Waals surface area contributed by atoms with Crippen molar-refractivity contribution in [3.05, 3.63) is 0 Å². The van der Waals surface area contributed by atoms with Crippen molar-refractivity contribution in [3.8, 4) is 0 Å². The van der Waals surface area contributed by atoms with Crippen molar-refractivity contribution >= 4 is 71.8 Å². The van der Waals surface area contributed by atoms with E-state index in [1.807, 2.05) is 13.8 Å². The van der Waals surface area contributed by atoms with Crippen LogP contribution in [-0.2, 0) is 47.9 Å². The summed E-state index contributed by atoms with van der Waals surface area (Å²) >= 11 is 4.17. The van der Waals surface area contributed by atoms with Gasteiger partial charge >= 0.3 is 5.97 Å². The summed E-state index contributed by atoms with van der Waals surface area (Å²) in [4.78, 5) is 130. The van der Waals surface area contributed by atoms with Gasteiger partial charge in [0, 0.05) is 12.2 Å². The van der Waals surface area contributed by atoms with Crippen molar-refractivity contribution < 1.29 is 53.1 Å². The summed E-state index contributed by atoms with van der Waals surface area (Å²) in [7, 11) is 0. The van der Waals surface area contributed by atoms with Crippen LogP contribution in [0.3, 0.4) is 0 Å². The first kappa shape index (κ1) is 61.9. The number of thiol groups is 1. The monoisotopic (exact) mass is 973 g/mol. The van der Waals surface area contributed by atoms with Gasteiger partial charge in [-0.05, 0) is 96.1 Å². The van der Waals surface area contributed by atoms with Crippen molar-refractivity contribution in [1.82, 2.24) is 42.5 Å². The van der Waals surface area contributed by atoms with Gasteiger partial charge in [0.05, 0.1) is 6.04 Å². The van der Waals surface area contributed by atoms with Gasteiger partial charge in [0.2, 0.25) is 53.2 Å². The topological polar surface area (TPSA) is 391 Å². The van der Waals surface area contributed by atoms with Gasteiger partial charge in [-0.2, -0.15) is 12.6 Å². The van der Waals surface area contributed by atoms with Gasteiger partial charge in [-0.3, -0.25) is 43.2 Å². The third-order valence-electron chi connectivity index (χ3n) is 10.4. The van der Waals surface area contributed by atoms with E-state index in [0.29, 0.717) is 45.2 Å². The zero-order valence-electron chi connectivity index (χ0n) is 40.4. The standard InChI is InChI=1S/C43H80N12O11S/c1-22(2)19-30(39(61)51-29(43(65)66)14-10-12-18-45)52-36(58)26(8)49-42(64)34(24(5)6)55-40(62)31(20-23(3)4)53-35(57)25(7)48-41(63)32(21-67)54-38(60)28(15-16-33(47)56)50-37(59)27(46)13-9-11-17-44/h22-32,34,67H,9-21,44-46H2,1-8H3,(H2,47,56)(H,48,63)(H,49,64)(H,50,59)(H,51,61)(H,52,58)(H,53,57)(H,54,60)(H,55,62)(H,65,66)/t25-,26-,27-,28-,29-,30-,31-,32-,34-/m0/s1. The molecule has 0 fully saturated rings. The molecular weight excluding hydrogens is 893 g/mol. The number of carboxylic acids is 1. The number of hydrogen-bond donors (Lipinski definition) is 14. The number of amides is 9. The van der Waals surface area contributed by atoms with Crippen molar-refractivity contribution in [1.29, 1.82) is 0 Å². The maximum atomic E-state index is 13.8. The molecule has 0 rings (SSSR count). The van der Waals surface area contributed by atoms with Gasteiger partial charge in [-0.25, -0.2) is 4.79 Å². The Bertz CT molecular complexity index is 1650. The summed E-state index contributed by atoms with van der Waals surface area (Å²) in [6, 6.07) is -10.7. The van der Waals surface area contributed by atoms with Gasteiger partial charge < -0.3 is 70.6 Å².